The number of halogens is 3. The van der Waals surface area contributed by atoms with Crippen LogP contribution in [0.25, 0.3) is 11.9 Å². The lowest BCUT2D eigenvalue weighted by Crippen LogP contribution is -2.46. The highest BCUT2D eigenvalue weighted by Gasteiger charge is 2.17. The van der Waals surface area contributed by atoms with Gasteiger partial charge >= 0.3 is 0 Å². The Labute approximate surface area is 184 Å². The summed E-state index contributed by atoms with van der Waals surface area (Å²) in [6, 6.07) is 5.50. The molecule has 3 heterocycles. The van der Waals surface area contributed by atoms with E-state index < -0.39 is 11.6 Å². The van der Waals surface area contributed by atoms with Crippen molar-refractivity contribution in [3.63, 3.8) is 0 Å². The summed E-state index contributed by atoms with van der Waals surface area (Å²) < 4.78 is 28.7. The first-order valence-corrected chi connectivity index (χ1v) is 10.4. The van der Waals surface area contributed by atoms with Crippen LogP contribution >= 0.6 is 11.6 Å². The van der Waals surface area contributed by atoms with Crippen molar-refractivity contribution in [2.75, 3.05) is 37.6 Å². The Balaban J connectivity index is 1.35. The van der Waals surface area contributed by atoms with E-state index in [1.807, 2.05) is 30.9 Å². The minimum atomic E-state index is -0.546. The summed E-state index contributed by atoms with van der Waals surface area (Å²) in [7, 11) is 0. The van der Waals surface area contributed by atoms with Crippen molar-refractivity contribution in [3.8, 4) is 5.82 Å². The van der Waals surface area contributed by atoms with E-state index in [-0.39, 0.29) is 5.28 Å². The smallest absolute Gasteiger partial charge is 0.224 e. The van der Waals surface area contributed by atoms with E-state index in [0.29, 0.717) is 11.5 Å². The van der Waals surface area contributed by atoms with Gasteiger partial charge < -0.3 is 4.90 Å². The molecule has 0 bridgehead atoms. The molecule has 1 fully saturated rings. The molecule has 162 valence electrons. The van der Waals surface area contributed by atoms with Crippen LogP contribution in [-0.2, 0) is 0 Å². The first-order valence-electron chi connectivity index (χ1n) is 10.0. The van der Waals surface area contributed by atoms with Crippen molar-refractivity contribution in [2.24, 2.45) is 0 Å². The Morgan fingerprint density at radius 1 is 1.00 bits per heavy atom. The summed E-state index contributed by atoms with van der Waals surface area (Å²) in [4.78, 5) is 12.6. The minimum absolute atomic E-state index is 0.196. The first kappa shape index (κ1) is 21.4. The molecule has 0 amide bonds. The Morgan fingerprint density at radius 2 is 1.71 bits per heavy atom. The van der Waals surface area contributed by atoms with Gasteiger partial charge in [0.15, 0.2) is 5.82 Å². The van der Waals surface area contributed by atoms with Gasteiger partial charge in [-0.2, -0.15) is 10.1 Å². The average Bonchev–Trinajstić information content (AvgIpc) is 3.07. The van der Waals surface area contributed by atoms with Gasteiger partial charge in [0.05, 0.1) is 11.9 Å². The zero-order valence-electron chi connectivity index (χ0n) is 17.4. The van der Waals surface area contributed by atoms with Gasteiger partial charge in [-0.15, -0.1) is 0 Å². The number of benzene rings is 1. The number of hydrogen-bond donors (Lipinski definition) is 0. The van der Waals surface area contributed by atoms with Crippen LogP contribution in [0.15, 0.2) is 36.5 Å². The maximum Gasteiger partial charge on any atom is 0.224 e. The second kappa shape index (κ2) is 9.11. The number of aryl methyl sites for hydroxylation is 1. The van der Waals surface area contributed by atoms with E-state index in [4.69, 9.17) is 11.6 Å². The molecule has 0 saturated carbocycles. The van der Waals surface area contributed by atoms with Crippen LogP contribution in [-0.4, -0.2) is 57.4 Å². The molecule has 1 aliphatic heterocycles. The fraction of sp³-hybridized carbons (Fsp3) is 0.318. The molecule has 0 atom stereocenters. The lowest BCUT2D eigenvalue weighted by molar-refractivity contribution is 0.284. The Morgan fingerprint density at radius 3 is 2.39 bits per heavy atom. The van der Waals surface area contributed by atoms with Gasteiger partial charge in [-0.25, -0.2) is 18.4 Å². The van der Waals surface area contributed by atoms with E-state index in [2.05, 4.69) is 26.0 Å². The van der Waals surface area contributed by atoms with E-state index in [1.54, 1.807) is 10.9 Å². The van der Waals surface area contributed by atoms with Gasteiger partial charge in [0.1, 0.15) is 11.6 Å². The minimum Gasteiger partial charge on any atom is -0.369 e. The molecule has 1 saturated heterocycles. The predicted molar refractivity (Wildman–Crippen MR) is 118 cm³/mol. The van der Waals surface area contributed by atoms with E-state index >= 15 is 0 Å². The molecule has 4 rings (SSSR count). The van der Waals surface area contributed by atoms with Gasteiger partial charge in [-0.3, -0.25) is 4.90 Å². The molecule has 3 aromatic rings. The van der Waals surface area contributed by atoms with Crippen LogP contribution in [0, 0.1) is 25.5 Å². The fourth-order valence-electron chi connectivity index (χ4n) is 3.68. The number of rotatable bonds is 5. The zero-order valence-corrected chi connectivity index (χ0v) is 18.2. The van der Waals surface area contributed by atoms with Gasteiger partial charge in [0.2, 0.25) is 5.28 Å². The Bertz CT molecular complexity index is 1060. The molecule has 1 aliphatic rings. The third-order valence-electron chi connectivity index (χ3n) is 5.32. The highest BCUT2D eigenvalue weighted by atomic mass is 35.5. The highest BCUT2D eigenvalue weighted by molar-refractivity contribution is 6.28. The predicted octanol–water partition coefficient (Wildman–Crippen LogP) is 4.05. The van der Waals surface area contributed by atoms with Crippen molar-refractivity contribution in [1.29, 1.82) is 0 Å². The third-order valence-corrected chi connectivity index (χ3v) is 5.49. The standard InChI is InChI=1S/C22H23ClF2N6/c1-15-10-21(28-22(23)27-15)31-16(2)17(14-26-31)4-3-5-29-6-8-30(9-7-29)20-12-18(24)11-19(25)13-20/h3-4,10-14H,5-9H2,1-2H3/b4-3+. The zero-order chi connectivity index (χ0) is 22.0. The normalized spacial score (nSPS) is 15.2. The molecule has 9 heteroatoms. The van der Waals surface area contributed by atoms with Crippen LogP contribution in [0.1, 0.15) is 17.0 Å². The maximum atomic E-state index is 13.5. The van der Waals surface area contributed by atoms with Gasteiger partial charge in [0.25, 0.3) is 0 Å². The maximum absolute atomic E-state index is 13.5. The second-order valence-corrected chi connectivity index (χ2v) is 7.89. The van der Waals surface area contributed by atoms with Crippen molar-refractivity contribution in [2.45, 2.75) is 13.8 Å². The monoisotopic (exact) mass is 444 g/mol. The molecule has 0 unspecified atom stereocenters. The third kappa shape index (κ3) is 5.08. The van der Waals surface area contributed by atoms with E-state index in [9.17, 15) is 8.78 Å². The molecule has 6 nitrogen and oxygen atoms in total. The quantitative estimate of drug-likeness (QED) is 0.556. The number of nitrogens with zero attached hydrogens (tertiary/aromatic N) is 6. The van der Waals surface area contributed by atoms with Gasteiger partial charge in [0, 0.05) is 61.8 Å². The summed E-state index contributed by atoms with van der Waals surface area (Å²) in [5, 5.41) is 4.62. The lowest BCUT2D eigenvalue weighted by atomic mass is 10.2. The van der Waals surface area contributed by atoms with Crippen LogP contribution in [0.4, 0.5) is 14.5 Å². The van der Waals surface area contributed by atoms with Crippen molar-refractivity contribution in [1.82, 2.24) is 24.6 Å². The largest absolute Gasteiger partial charge is 0.369 e. The van der Waals surface area contributed by atoms with Gasteiger partial charge in [-0.1, -0.05) is 12.2 Å². The summed E-state index contributed by atoms with van der Waals surface area (Å²) in [6.07, 6.45) is 5.94. The summed E-state index contributed by atoms with van der Waals surface area (Å²) >= 11 is 5.97. The molecular formula is C22H23ClF2N6. The Kier molecular flexibility index (Phi) is 6.29. The molecule has 2 aromatic heterocycles. The van der Waals surface area contributed by atoms with E-state index in [1.165, 1.54) is 12.1 Å². The Hall–Kier alpha value is -2.84. The number of anilines is 1. The van der Waals surface area contributed by atoms with Crippen LogP contribution in [0.3, 0.4) is 0 Å². The van der Waals surface area contributed by atoms with Crippen LogP contribution in [0.2, 0.25) is 5.28 Å². The number of piperazine rings is 1. The fourth-order valence-corrected chi connectivity index (χ4v) is 3.90. The molecule has 0 N–H and O–H groups in total. The lowest BCUT2D eigenvalue weighted by Gasteiger charge is -2.35. The molecule has 1 aromatic carbocycles. The molecule has 31 heavy (non-hydrogen) atoms. The SMILES string of the molecule is Cc1cc(-n2ncc(/C=C/CN3CCN(c4cc(F)cc(F)c4)CC3)c2C)nc(Cl)n1. The first-order chi connectivity index (χ1) is 14.9. The topological polar surface area (TPSA) is 50.1 Å². The molecule has 0 aliphatic carbocycles. The van der Waals surface area contributed by atoms with Crippen molar-refractivity contribution < 1.29 is 8.78 Å². The number of aromatic nitrogens is 4. The van der Waals surface area contributed by atoms with Gasteiger partial charge in [-0.05, 0) is 37.6 Å². The van der Waals surface area contributed by atoms with Crippen LogP contribution in [0.5, 0.6) is 0 Å². The van der Waals surface area contributed by atoms with Crippen molar-refractivity contribution in [3.05, 3.63) is 70.4 Å². The second-order valence-electron chi connectivity index (χ2n) is 7.55. The van der Waals surface area contributed by atoms with E-state index in [0.717, 1.165) is 55.7 Å². The average molecular weight is 445 g/mol. The summed E-state index contributed by atoms with van der Waals surface area (Å²) in [5.41, 5.74) is 3.34. The highest BCUT2D eigenvalue weighted by Crippen LogP contribution is 2.20. The van der Waals surface area contributed by atoms with Crippen molar-refractivity contribution >= 4 is 23.4 Å². The van der Waals surface area contributed by atoms with Crippen LogP contribution < -0.4 is 4.90 Å². The number of hydrogen-bond acceptors (Lipinski definition) is 5. The molecule has 0 spiro atoms. The molecule has 0 radical (unpaired) electrons. The summed E-state index contributed by atoms with van der Waals surface area (Å²) in [6.45, 7) is 7.71. The molecular weight excluding hydrogens is 422 g/mol. The summed E-state index contributed by atoms with van der Waals surface area (Å²) in [5.74, 6) is -0.453.